The van der Waals surface area contributed by atoms with Crippen LogP contribution in [0.5, 0.6) is 11.5 Å². The van der Waals surface area contributed by atoms with E-state index in [0.717, 1.165) is 31.1 Å². The van der Waals surface area contributed by atoms with E-state index in [0.29, 0.717) is 11.7 Å². The van der Waals surface area contributed by atoms with Crippen LogP contribution in [0, 0.1) is 5.92 Å². The number of hydrogen-bond acceptors (Lipinski definition) is 5. The van der Waals surface area contributed by atoms with Gasteiger partial charge < -0.3 is 15.2 Å². The monoisotopic (exact) mass is 251 g/mol. The molecule has 1 aliphatic rings. The number of likely N-dealkylation sites (tertiary alicyclic amines) is 1. The van der Waals surface area contributed by atoms with Crippen molar-refractivity contribution in [2.24, 2.45) is 11.7 Å². The zero-order valence-corrected chi connectivity index (χ0v) is 11.2. The Labute approximate surface area is 108 Å². The fraction of sp³-hybridized carbons (Fsp3) is 0.615. The number of aromatic nitrogens is 1. The summed E-state index contributed by atoms with van der Waals surface area (Å²) in [7, 11) is 3.27. The zero-order valence-electron chi connectivity index (χ0n) is 11.2. The lowest BCUT2D eigenvalue weighted by Gasteiger charge is -2.17. The summed E-state index contributed by atoms with van der Waals surface area (Å²) in [4.78, 5) is 6.69. The number of nitrogens with zero attached hydrogens (tertiary/aromatic N) is 2. The highest BCUT2D eigenvalue weighted by Gasteiger charge is 2.27. The van der Waals surface area contributed by atoms with E-state index in [1.165, 1.54) is 0 Å². The summed E-state index contributed by atoms with van der Waals surface area (Å²) in [6, 6.07) is 2.06. The largest absolute Gasteiger partial charge is 0.493 e. The van der Waals surface area contributed by atoms with Gasteiger partial charge in [-0.3, -0.25) is 9.88 Å². The van der Waals surface area contributed by atoms with Crippen molar-refractivity contribution in [2.45, 2.75) is 19.5 Å². The van der Waals surface area contributed by atoms with E-state index in [9.17, 15) is 0 Å². The van der Waals surface area contributed by atoms with Crippen molar-refractivity contribution < 1.29 is 9.47 Å². The van der Waals surface area contributed by atoms with Gasteiger partial charge >= 0.3 is 0 Å². The van der Waals surface area contributed by atoms with Crippen LogP contribution in [-0.2, 0) is 6.54 Å². The maximum atomic E-state index is 6.03. The van der Waals surface area contributed by atoms with Gasteiger partial charge in [-0.05, 0) is 5.92 Å². The summed E-state index contributed by atoms with van der Waals surface area (Å²) in [5.41, 5.74) is 6.93. The summed E-state index contributed by atoms with van der Waals surface area (Å²) < 4.78 is 10.7. The Morgan fingerprint density at radius 1 is 1.39 bits per heavy atom. The molecular weight excluding hydrogens is 230 g/mol. The Balaban J connectivity index is 2.14. The predicted octanol–water partition coefficient (Wildman–Crippen LogP) is 0.878. The van der Waals surface area contributed by atoms with Gasteiger partial charge in [0.25, 0.3) is 0 Å². The third-order valence-corrected chi connectivity index (χ3v) is 3.49. The number of hydrogen-bond donors (Lipinski definition) is 1. The van der Waals surface area contributed by atoms with Gasteiger partial charge in [0.05, 0.1) is 14.2 Å². The molecule has 0 saturated carbocycles. The van der Waals surface area contributed by atoms with E-state index in [4.69, 9.17) is 15.2 Å². The van der Waals surface area contributed by atoms with Gasteiger partial charge in [0.2, 0.25) is 0 Å². The van der Waals surface area contributed by atoms with E-state index in [1.54, 1.807) is 26.5 Å². The summed E-state index contributed by atoms with van der Waals surface area (Å²) >= 11 is 0. The third kappa shape index (κ3) is 2.57. The number of methoxy groups -OCH3 is 2. The minimum absolute atomic E-state index is 0.251. The maximum Gasteiger partial charge on any atom is 0.183 e. The highest BCUT2D eigenvalue weighted by molar-refractivity contribution is 5.42. The first-order chi connectivity index (χ1) is 8.65. The first kappa shape index (κ1) is 13.1. The fourth-order valence-corrected chi connectivity index (χ4v) is 2.40. The van der Waals surface area contributed by atoms with Crippen LogP contribution in [-0.4, -0.2) is 43.2 Å². The molecule has 0 aromatic carbocycles. The molecule has 0 amide bonds. The molecule has 18 heavy (non-hydrogen) atoms. The normalized spacial score (nSPS) is 24.2. The van der Waals surface area contributed by atoms with Crippen molar-refractivity contribution in [3.8, 4) is 11.5 Å². The Bertz CT molecular complexity index is 401. The Hall–Kier alpha value is -1.33. The van der Waals surface area contributed by atoms with Gasteiger partial charge in [-0.1, -0.05) is 6.92 Å². The molecule has 2 atom stereocenters. The van der Waals surface area contributed by atoms with Crippen LogP contribution in [0.2, 0.25) is 0 Å². The van der Waals surface area contributed by atoms with Crippen LogP contribution in [0.1, 0.15) is 12.6 Å². The Morgan fingerprint density at radius 2 is 2.17 bits per heavy atom. The predicted molar refractivity (Wildman–Crippen MR) is 69.8 cm³/mol. The highest BCUT2D eigenvalue weighted by Crippen LogP contribution is 2.30. The van der Waals surface area contributed by atoms with Crippen molar-refractivity contribution in [3.05, 3.63) is 18.0 Å². The van der Waals surface area contributed by atoms with Gasteiger partial charge in [0.15, 0.2) is 11.5 Å². The van der Waals surface area contributed by atoms with E-state index in [1.807, 2.05) is 0 Å². The van der Waals surface area contributed by atoms with Crippen molar-refractivity contribution in [1.29, 1.82) is 0 Å². The Morgan fingerprint density at radius 3 is 2.72 bits per heavy atom. The molecule has 2 rings (SSSR count). The molecule has 0 radical (unpaired) electrons. The topological polar surface area (TPSA) is 60.6 Å². The minimum atomic E-state index is 0.251. The van der Waals surface area contributed by atoms with Crippen LogP contribution < -0.4 is 15.2 Å². The Kier molecular flexibility index (Phi) is 4.04. The summed E-state index contributed by atoms with van der Waals surface area (Å²) in [5, 5.41) is 0. The third-order valence-electron chi connectivity index (χ3n) is 3.49. The minimum Gasteiger partial charge on any atom is -0.493 e. The molecule has 1 aromatic heterocycles. The second-order valence-electron chi connectivity index (χ2n) is 4.83. The molecular formula is C13H21N3O2. The van der Waals surface area contributed by atoms with E-state index in [2.05, 4.69) is 16.8 Å². The summed E-state index contributed by atoms with van der Waals surface area (Å²) in [6.45, 7) is 4.84. The lowest BCUT2D eigenvalue weighted by molar-refractivity contribution is 0.298. The van der Waals surface area contributed by atoms with Crippen LogP contribution in [0.3, 0.4) is 0 Å². The first-order valence-electron chi connectivity index (χ1n) is 6.19. The SMILES string of the molecule is COc1ccnc(CN2CC(C)C(N)C2)c1OC. The fourth-order valence-electron chi connectivity index (χ4n) is 2.40. The number of pyridine rings is 1. The molecule has 2 N–H and O–H groups in total. The molecule has 2 heterocycles. The summed E-state index contributed by atoms with van der Waals surface area (Å²) in [6.07, 6.45) is 1.75. The van der Waals surface area contributed by atoms with E-state index in [-0.39, 0.29) is 6.04 Å². The van der Waals surface area contributed by atoms with Gasteiger partial charge in [0.1, 0.15) is 5.69 Å². The number of rotatable bonds is 4. The summed E-state index contributed by atoms with van der Waals surface area (Å²) in [5.74, 6) is 1.97. The molecule has 5 nitrogen and oxygen atoms in total. The molecule has 1 fully saturated rings. The average molecular weight is 251 g/mol. The van der Waals surface area contributed by atoms with Crippen molar-refractivity contribution in [2.75, 3.05) is 27.3 Å². The molecule has 0 aliphatic carbocycles. The van der Waals surface area contributed by atoms with E-state index < -0.39 is 0 Å². The van der Waals surface area contributed by atoms with Crippen molar-refractivity contribution >= 4 is 0 Å². The van der Waals surface area contributed by atoms with Crippen LogP contribution in [0.25, 0.3) is 0 Å². The van der Waals surface area contributed by atoms with Crippen LogP contribution in [0.4, 0.5) is 0 Å². The standard InChI is InChI=1S/C13H21N3O2/c1-9-6-16(7-10(9)14)8-11-13(18-3)12(17-2)4-5-15-11/h4-5,9-10H,6-8,14H2,1-3H3. The second kappa shape index (κ2) is 5.54. The highest BCUT2D eigenvalue weighted by atomic mass is 16.5. The van der Waals surface area contributed by atoms with Gasteiger partial charge in [-0.2, -0.15) is 0 Å². The molecule has 100 valence electrons. The number of ether oxygens (including phenoxy) is 2. The van der Waals surface area contributed by atoms with Crippen molar-refractivity contribution in [3.63, 3.8) is 0 Å². The quantitative estimate of drug-likeness (QED) is 0.860. The molecule has 1 aliphatic heterocycles. The number of nitrogens with two attached hydrogens (primary N) is 1. The van der Waals surface area contributed by atoms with Crippen LogP contribution >= 0.6 is 0 Å². The van der Waals surface area contributed by atoms with E-state index >= 15 is 0 Å². The van der Waals surface area contributed by atoms with Gasteiger partial charge in [-0.25, -0.2) is 0 Å². The molecule has 0 bridgehead atoms. The molecule has 1 aromatic rings. The van der Waals surface area contributed by atoms with Gasteiger partial charge in [0, 0.05) is 37.9 Å². The average Bonchev–Trinajstić information content (AvgIpc) is 2.68. The second-order valence-corrected chi connectivity index (χ2v) is 4.83. The lowest BCUT2D eigenvalue weighted by atomic mass is 10.1. The molecule has 1 saturated heterocycles. The smallest absolute Gasteiger partial charge is 0.183 e. The first-order valence-corrected chi connectivity index (χ1v) is 6.19. The van der Waals surface area contributed by atoms with Gasteiger partial charge in [-0.15, -0.1) is 0 Å². The molecule has 2 unspecified atom stereocenters. The zero-order chi connectivity index (χ0) is 13.1. The maximum absolute atomic E-state index is 6.03. The lowest BCUT2D eigenvalue weighted by Crippen LogP contribution is -2.28. The van der Waals surface area contributed by atoms with Crippen molar-refractivity contribution in [1.82, 2.24) is 9.88 Å². The van der Waals surface area contributed by atoms with Crippen LogP contribution in [0.15, 0.2) is 12.3 Å². The molecule has 0 spiro atoms. The molecule has 5 heteroatoms.